The molecule has 7 N–H and O–H groups in total. The molecule has 0 radical (unpaired) electrons. The van der Waals surface area contributed by atoms with Crippen LogP contribution in [0.5, 0.6) is 0 Å². The van der Waals surface area contributed by atoms with Crippen LogP contribution in [0.4, 0.5) is 0 Å². The van der Waals surface area contributed by atoms with Gasteiger partial charge < -0.3 is 31.4 Å². The van der Waals surface area contributed by atoms with Crippen LogP contribution in [-0.4, -0.2) is 56.7 Å². The van der Waals surface area contributed by atoms with Crippen LogP contribution in [0.1, 0.15) is 51.1 Å². The number of aliphatic imine (C=N–C) groups is 1. The van der Waals surface area contributed by atoms with Gasteiger partial charge in [0.1, 0.15) is 0 Å². The highest BCUT2D eigenvalue weighted by Crippen LogP contribution is 2.67. The van der Waals surface area contributed by atoms with E-state index >= 15 is 0 Å². The molecule has 7 heteroatoms. The number of aliphatic hydroxyl groups excluding tert-OH is 1. The van der Waals surface area contributed by atoms with Gasteiger partial charge in [-0.05, 0) is 73.8 Å². The van der Waals surface area contributed by atoms with Crippen molar-refractivity contribution < 1.29 is 15.3 Å². The van der Waals surface area contributed by atoms with Crippen molar-refractivity contribution in [3.05, 3.63) is 48.2 Å². The van der Waals surface area contributed by atoms with Gasteiger partial charge in [-0.3, -0.25) is 4.99 Å². The van der Waals surface area contributed by atoms with E-state index in [-0.39, 0.29) is 41.5 Å². The number of rotatable bonds is 4. The molecule has 0 saturated heterocycles. The van der Waals surface area contributed by atoms with Crippen LogP contribution < -0.4 is 11.1 Å². The first-order valence-corrected chi connectivity index (χ1v) is 13.9. The van der Waals surface area contributed by atoms with E-state index in [2.05, 4.69) is 45.3 Å². The van der Waals surface area contributed by atoms with E-state index in [1.165, 1.54) is 5.39 Å². The zero-order valence-corrected chi connectivity index (χ0v) is 22.4. The minimum Gasteiger partial charge on any atom is -0.390 e. The minimum absolute atomic E-state index is 0.0563. The van der Waals surface area contributed by atoms with E-state index in [9.17, 15) is 15.3 Å². The fourth-order valence-electron chi connectivity index (χ4n) is 8.75. The van der Waals surface area contributed by atoms with Gasteiger partial charge in [0.15, 0.2) is 5.96 Å². The Kier molecular flexibility index (Phi) is 5.95. The molecular weight excluding hydrogens is 476 g/mol. The maximum absolute atomic E-state index is 12.4. The van der Waals surface area contributed by atoms with Crippen LogP contribution in [0, 0.1) is 40.9 Å². The number of hydrogen-bond donors (Lipinski definition) is 6. The molecule has 2 aromatic rings. The minimum atomic E-state index is -1.41. The van der Waals surface area contributed by atoms with Gasteiger partial charge in [-0.15, -0.1) is 5.92 Å². The lowest BCUT2D eigenvalue weighted by molar-refractivity contribution is -0.122. The molecule has 1 heterocycles. The number of nitrogens with two attached hydrogens (primary N) is 1. The van der Waals surface area contributed by atoms with E-state index in [0.29, 0.717) is 19.3 Å². The van der Waals surface area contributed by atoms with Crippen LogP contribution >= 0.6 is 0 Å². The molecule has 4 fully saturated rings. The molecule has 7 nitrogen and oxygen atoms in total. The number of aromatic nitrogens is 1. The van der Waals surface area contributed by atoms with Gasteiger partial charge in [0.25, 0.3) is 0 Å². The first-order chi connectivity index (χ1) is 18.1. The van der Waals surface area contributed by atoms with Crippen molar-refractivity contribution in [1.82, 2.24) is 10.3 Å². The summed E-state index contributed by atoms with van der Waals surface area (Å²) in [5.41, 5.74) is 6.52. The maximum Gasteiger partial charge on any atom is 0.189 e. The van der Waals surface area contributed by atoms with Gasteiger partial charge in [0, 0.05) is 42.9 Å². The van der Waals surface area contributed by atoms with Gasteiger partial charge in [-0.25, -0.2) is 0 Å². The summed E-state index contributed by atoms with van der Waals surface area (Å²) in [4.78, 5) is 7.59. The molecule has 5 aliphatic rings. The number of fused-ring (bicyclic) bond motifs is 2. The molecule has 0 aliphatic heterocycles. The Hall–Kier alpha value is -2.79. The third kappa shape index (κ3) is 3.72. The van der Waals surface area contributed by atoms with Crippen molar-refractivity contribution in [2.24, 2.45) is 39.8 Å². The van der Waals surface area contributed by atoms with Crippen LogP contribution in [0.15, 0.2) is 47.5 Å². The average molecular weight is 517 g/mol. The number of nitrogens with zero attached hydrogens (tertiary/aromatic N) is 1. The van der Waals surface area contributed by atoms with Crippen molar-refractivity contribution >= 4 is 16.9 Å². The summed E-state index contributed by atoms with van der Waals surface area (Å²) in [6.45, 7) is 6.62. The molecule has 0 amide bonds. The van der Waals surface area contributed by atoms with Crippen molar-refractivity contribution in [2.75, 3.05) is 7.05 Å². The number of hydrogen-bond acceptors (Lipinski definition) is 4. The summed E-state index contributed by atoms with van der Waals surface area (Å²) in [7, 11) is 1.61. The molecule has 38 heavy (non-hydrogen) atoms. The smallest absolute Gasteiger partial charge is 0.189 e. The van der Waals surface area contributed by atoms with Crippen LogP contribution in [-0.2, 0) is 6.42 Å². The number of allylic oxidation sites excluding steroid dienone is 1. The summed E-state index contributed by atoms with van der Waals surface area (Å²) in [6, 6.07) is 9.99. The normalized spacial score (nSPS) is 42.0. The first-order valence-electron chi connectivity index (χ1n) is 13.9. The lowest BCUT2D eigenvalue weighted by Crippen LogP contribution is -2.54. The Balaban J connectivity index is 1.47. The molecule has 9 atom stereocenters. The molecule has 5 aliphatic carbocycles. The third-order valence-electron chi connectivity index (χ3n) is 10.7. The second kappa shape index (κ2) is 8.87. The van der Waals surface area contributed by atoms with Crippen molar-refractivity contribution in [3.8, 4) is 11.8 Å². The van der Waals surface area contributed by atoms with Crippen molar-refractivity contribution in [1.29, 1.82) is 0 Å². The largest absolute Gasteiger partial charge is 0.390 e. The highest BCUT2D eigenvalue weighted by atomic mass is 16.3. The van der Waals surface area contributed by atoms with E-state index < -0.39 is 23.3 Å². The van der Waals surface area contributed by atoms with Gasteiger partial charge in [-0.1, -0.05) is 36.3 Å². The van der Waals surface area contributed by atoms with Crippen molar-refractivity contribution in [2.45, 2.75) is 75.2 Å². The molecule has 0 spiro atoms. The highest BCUT2D eigenvalue weighted by Gasteiger charge is 2.69. The summed E-state index contributed by atoms with van der Waals surface area (Å²) >= 11 is 0. The van der Waals surface area contributed by atoms with E-state index in [1.807, 2.05) is 19.1 Å². The number of para-hydroxylation sites is 1. The quantitative estimate of drug-likeness (QED) is 0.161. The van der Waals surface area contributed by atoms with Crippen LogP contribution in [0.2, 0.25) is 0 Å². The Morgan fingerprint density at radius 3 is 2.79 bits per heavy atom. The number of benzene rings is 1. The number of aromatic amines is 1. The van der Waals surface area contributed by atoms with E-state index in [1.54, 1.807) is 7.05 Å². The molecular formula is C31H40N4O3. The molecule has 7 rings (SSSR count). The van der Waals surface area contributed by atoms with E-state index in [0.717, 1.165) is 36.0 Å². The Morgan fingerprint density at radius 2 is 2.03 bits per heavy atom. The Labute approximate surface area is 224 Å². The average Bonchev–Trinajstić information content (AvgIpc) is 3.37. The SMILES string of the molecule is C=C(Cc1cc2ccccc2[nH]1)C12CC#CC(NC(N)=NC)CC3(O)C(O)CC4C3C1CCC(C2)C4(C)O. The van der Waals surface area contributed by atoms with Crippen LogP contribution in [0.3, 0.4) is 0 Å². The number of nitrogens with one attached hydrogen (secondary N) is 2. The molecule has 1 aromatic carbocycles. The Bertz CT molecular complexity index is 1320. The molecule has 4 bridgehead atoms. The number of aliphatic hydroxyl groups is 3. The highest BCUT2D eigenvalue weighted by molar-refractivity contribution is 5.80. The molecule has 4 saturated carbocycles. The first kappa shape index (κ1) is 25.5. The fraction of sp³-hybridized carbons (Fsp3) is 0.581. The predicted octanol–water partition coefficient (Wildman–Crippen LogP) is 2.86. The molecule has 202 valence electrons. The van der Waals surface area contributed by atoms with Gasteiger partial charge in [0.2, 0.25) is 0 Å². The third-order valence-corrected chi connectivity index (χ3v) is 10.7. The second-order valence-electron chi connectivity index (χ2n) is 12.5. The second-order valence-corrected chi connectivity index (χ2v) is 12.5. The fourth-order valence-corrected chi connectivity index (χ4v) is 8.75. The zero-order valence-electron chi connectivity index (χ0n) is 22.4. The monoisotopic (exact) mass is 516 g/mol. The lowest BCUT2D eigenvalue weighted by atomic mass is 9.54. The summed E-state index contributed by atoms with van der Waals surface area (Å²) in [5.74, 6) is 6.66. The molecule has 9 unspecified atom stereocenters. The summed E-state index contributed by atoms with van der Waals surface area (Å²) in [5, 5.41) is 40.1. The summed E-state index contributed by atoms with van der Waals surface area (Å²) < 4.78 is 0. The predicted molar refractivity (Wildman–Crippen MR) is 149 cm³/mol. The molecule has 1 aromatic heterocycles. The standard InChI is InChI=1S/C31H40N4O3/c1-18(13-22-14-19-7-4-5-9-25(19)34-22)30-12-6-8-21(35-28(32)33-3)17-31(38)26(36)15-24-27(31)23(30)11-10-20(16-30)29(24,2)37/h4-5,7,9,14,20-21,23-24,26-27,34,36-38H,1,10-13,15-17H2,2-3H3,(H3,32,33,35). The van der Waals surface area contributed by atoms with Gasteiger partial charge in [0.05, 0.1) is 23.3 Å². The summed E-state index contributed by atoms with van der Waals surface area (Å²) in [6.07, 6.45) is 3.49. The zero-order chi connectivity index (χ0) is 26.9. The lowest BCUT2D eigenvalue weighted by Gasteiger charge is -2.51. The van der Waals surface area contributed by atoms with Gasteiger partial charge >= 0.3 is 0 Å². The Morgan fingerprint density at radius 1 is 1.24 bits per heavy atom. The number of guanidine groups is 1. The van der Waals surface area contributed by atoms with Gasteiger partial charge in [-0.2, -0.15) is 0 Å². The topological polar surface area (TPSA) is 127 Å². The van der Waals surface area contributed by atoms with E-state index in [4.69, 9.17) is 12.3 Å². The number of H-pyrrole nitrogens is 1. The maximum atomic E-state index is 12.4. The van der Waals surface area contributed by atoms with Crippen molar-refractivity contribution in [3.63, 3.8) is 0 Å². The van der Waals surface area contributed by atoms with Crippen LogP contribution in [0.25, 0.3) is 10.9 Å².